The molecule has 0 saturated carbocycles. The van der Waals surface area contributed by atoms with E-state index in [0.29, 0.717) is 27.8 Å². The summed E-state index contributed by atoms with van der Waals surface area (Å²) in [4.78, 5) is 21.8. The Balaban J connectivity index is 1.79. The Labute approximate surface area is 177 Å². The highest BCUT2D eigenvalue weighted by Crippen LogP contribution is 2.35. The number of rotatable bonds is 3. The standard InChI is InChI=1S/C25H17N3O3/c29-21-13-12-16-7-1-2-8-17(16)23(21)27-15-20-18-9-3-4-10-19(18)24(30)28(25(20)31)22-11-5-6-14-26-22/h1-15,29,31H. The van der Waals surface area contributed by atoms with Crippen LogP contribution in [-0.2, 0) is 0 Å². The zero-order valence-corrected chi connectivity index (χ0v) is 16.3. The normalized spacial score (nSPS) is 11.5. The van der Waals surface area contributed by atoms with E-state index in [0.717, 1.165) is 15.3 Å². The Morgan fingerprint density at radius 2 is 1.52 bits per heavy atom. The van der Waals surface area contributed by atoms with Gasteiger partial charge < -0.3 is 10.2 Å². The molecule has 0 aliphatic rings. The minimum absolute atomic E-state index is 0.0248. The van der Waals surface area contributed by atoms with Gasteiger partial charge in [0.25, 0.3) is 5.56 Å². The molecule has 0 aliphatic carbocycles. The maximum absolute atomic E-state index is 13.1. The average molecular weight is 407 g/mol. The molecular weight excluding hydrogens is 390 g/mol. The Morgan fingerprint density at radius 3 is 2.29 bits per heavy atom. The third-order valence-electron chi connectivity index (χ3n) is 5.18. The second-order valence-electron chi connectivity index (χ2n) is 7.02. The summed E-state index contributed by atoms with van der Waals surface area (Å²) in [5, 5.41) is 24.1. The van der Waals surface area contributed by atoms with Crippen molar-refractivity contribution in [3.05, 3.63) is 101 Å². The van der Waals surface area contributed by atoms with E-state index in [-0.39, 0.29) is 17.2 Å². The van der Waals surface area contributed by atoms with Crippen molar-refractivity contribution in [2.24, 2.45) is 4.99 Å². The predicted molar refractivity (Wildman–Crippen MR) is 122 cm³/mol. The topological polar surface area (TPSA) is 87.7 Å². The molecule has 2 heterocycles. The summed E-state index contributed by atoms with van der Waals surface area (Å²) in [5.74, 6) is 0.0566. The van der Waals surface area contributed by atoms with Crippen LogP contribution in [0.15, 0.2) is 94.8 Å². The van der Waals surface area contributed by atoms with E-state index in [2.05, 4.69) is 9.98 Å². The molecule has 0 spiro atoms. The van der Waals surface area contributed by atoms with E-state index in [9.17, 15) is 15.0 Å². The minimum atomic E-state index is -0.378. The van der Waals surface area contributed by atoms with E-state index in [1.807, 2.05) is 30.3 Å². The number of phenols is 1. The van der Waals surface area contributed by atoms with Crippen LogP contribution in [0.2, 0.25) is 0 Å². The van der Waals surface area contributed by atoms with Crippen molar-refractivity contribution in [2.75, 3.05) is 0 Å². The molecule has 0 saturated heterocycles. The molecule has 0 unspecified atom stereocenters. The first-order valence-corrected chi connectivity index (χ1v) is 9.68. The zero-order chi connectivity index (χ0) is 21.4. The first-order chi connectivity index (χ1) is 15.1. The molecule has 0 aliphatic heterocycles. The second kappa shape index (κ2) is 7.42. The minimum Gasteiger partial charge on any atom is -0.506 e. The van der Waals surface area contributed by atoms with Crippen molar-refractivity contribution in [3.63, 3.8) is 0 Å². The summed E-state index contributed by atoms with van der Waals surface area (Å²) in [6.45, 7) is 0. The number of phenolic OH excluding ortho intramolecular Hbond substituents is 1. The summed E-state index contributed by atoms with van der Waals surface area (Å²) < 4.78 is 1.16. The molecule has 5 aromatic rings. The Kier molecular flexibility index (Phi) is 4.45. The lowest BCUT2D eigenvalue weighted by Crippen LogP contribution is -2.20. The van der Waals surface area contributed by atoms with Crippen molar-refractivity contribution in [1.82, 2.24) is 9.55 Å². The van der Waals surface area contributed by atoms with Crippen LogP contribution in [-0.4, -0.2) is 26.0 Å². The highest BCUT2D eigenvalue weighted by molar-refractivity contribution is 6.04. The molecular formula is C25H17N3O3. The number of fused-ring (bicyclic) bond motifs is 2. The highest BCUT2D eigenvalue weighted by atomic mass is 16.3. The van der Waals surface area contributed by atoms with Crippen LogP contribution < -0.4 is 5.56 Å². The van der Waals surface area contributed by atoms with Gasteiger partial charge in [0.05, 0.1) is 5.56 Å². The molecule has 3 aromatic carbocycles. The van der Waals surface area contributed by atoms with Crippen LogP contribution >= 0.6 is 0 Å². The summed E-state index contributed by atoms with van der Waals surface area (Å²) in [5.41, 5.74) is 0.363. The fourth-order valence-electron chi connectivity index (χ4n) is 3.70. The lowest BCUT2D eigenvalue weighted by atomic mass is 10.1. The van der Waals surface area contributed by atoms with Gasteiger partial charge in [-0.2, -0.15) is 0 Å². The van der Waals surface area contributed by atoms with Crippen LogP contribution in [0.4, 0.5) is 5.69 Å². The van der Waals surface area contributed by atoms with Gasteiger partial charge in [0.1, 0.15) is 17.3 Å². The Hall–Kier alpha value is -4.45. The van der Waals surface area contributed by atoms with Gasteiger partial charge in [-0.3, -0.25) is 9.79 Å². The van der Waals surface area contributed by atoms with E-state index in [4.69, 9.17) is 0 Å². The van der Waals surface area contributed by atoms with Crippen LogP contribution in [0.3, 0.4) is 0 Å². The van der Waals surface area contributed by atoms with Crippen LogP contribution in [0, 0.1) is 0 Å². The van der Waals surface area contributed by atoms with E-state index < -0.39 is 0 Å². The van der Waals surface area contributed by atoms with E-state index in [1.165, 1.54) is 6.21 Å². The Bertz CT molecular complexity index is 1520. The number of hydrogen-bond donors (Lipinski definition) is 2. The van der Waals surface area contributed by atoms with Gasteiger partial charge in [-0.25, -0.2) is 9.55 Å². The third-order valence-corrected chi connectivity index (χ3v) is 5.18. The van der Waals surface area contributed by atoms with Crippen molar-refractivity contribution in [3.8, 4) is 17.4 Å². The first-order valence-electron chi connectivity index (χ1n) is 9.68. The lowest BCUT2D eigenvalue weighted by Gasteiger charge is -2.13. The van der Waals surface area contributed by atoms with Gasteiger partial charge in [-0.05, 0) is 29.7 Å². The molecule has 6 nitrogen and oxygen atoms in total. The molecule has 0 fully saturated rings. The maximum atomic E-state index is 13.1. The molecule has 150 valence electrons. The van der Waals surface area contributed by atoms with Crippen molar-refractivity contribution < 1.29 is 10.2 Å². The summed E-state index contributed by atoms with van der Waals surface area (Å²) in [6, 6.07) is 23.1. The molecule has 6 heteroatoms. The van der Waals surface area contributed by atoms with Crippen molar-refractivity contribution in [1.29, 1.82) is 0 Å². The molecule has 0 atom stereocenters. The van der Waals surface area contributed by atoms with Gasteiger partial charge in [-0.1, -0.05) is 54.6 Å². The molecule has 0 radical (unpaired) electrons. The first kappa shape index (κ1) is 18.6. The summed E-state index contributed by atoms with van der Waals surface area (Å²) in [7, 11) is 0. The second-order valence-corrected chi connectivity index (χ2v) is 7.02. The van der Waals surface area contributed by atoms with Crippen molar-refractivity contribution >= 4 is 33.4 Å². The smallest absolute Gasteiger partial charge is 0.267 e. The number of aromatic nitrogens is 2. The van der Waals surface area contributed by atoms with Gasteiger partial charge in [-0.15, -0.1) is 0 Å². The van der Waals surface area contributed by atoms with Crippen LogP contribution in [0.1, 0.15) is 5.56 Å². The van der Waals surface area contributed by atoms with Gasteiger partial charge in [0.2, 0.25) is 5.88 Å². The highest BCUT2D eigenvalue weighted by Gasteiger charge is 2.17. The number of hydrogen-bond acceptors (Lipinski definition) is 5. The van der Waals surface area contributed by atoms with Gasteiger partial charge >= 0.3 is 0 Å². The SMILES string of the molecule is O=c1c2ccccc2c(C=Nc2c(O)ccc3ccccc23)c(O)n1-c1ccccn1. The van der Waals surface area contributed by atoms with Gasteiger partial charge in [0.15, 0.2) is 0 Å². The zero-order valence-electron chi connectivity index (χ0n) is 16.3. The van der Waals surface area contributed by atoms with E-state index in [1.54, 1.807) is 54.7 Å². The maximum Gasteiger partial charge on any atom is 0.267 e. The number of benzene rings is 3. The van der Waals surface area contributed by atoms with Crippen LogP contribution in [0.25, 0.3) is 27.4 Å². The summed E-state index contributed by atoms with van der Waals surface area (Å²) in [6.07, 6.45) is 3.02. The largest absolute Gasteiger partial charge is 0.506 e. The van der Waals surface area contributed by atoms with E-state index >= 15 is 0 Å². The number of pyridine rings is 2. The molecule has 0 amide bonds. The van der Waals surface area contributed by atoms with Crippen LogP contribution in [0.5, 0.6) is 11.6 Å². The molecule has 2 aromatic heterocycles. The lowest BCUT2D eigenvalue weighted by molar-refractivity contribution is 0.435. The Morgan fingerprint density at radius 1 is 0.806 bits per heavy atom. The number of nitrogens with zero attached hydrogens (tertiary/aromatic N) is 3. The fourth-order valence-corrected chi connectivity index (χ4v) is 3.70. The van der Waals surface area contributed by atoms with Crippen molar-refractivity contribution in [2.45, 2.75) is 0 Å². The molecule has 5 rings (SSSR count). The quantitative estimate of drug-likeness (QED) is 0.424. The molecule has 2 N–H and O–H groups in total. The third kappa shape index (κ3) is 3.11. The van der Waals surface area contributed by atoms with Gasteiger partial charge in [0, 0.05) is 28.6 Å². The average Bonchev–Trinajstić information content (AvgIpc) is 2.81. The molecule has 31 heavy (non-hydrogen) atoms. The fraction of sp³-hybridized carbons (Fsp3) is 0. The molecule has 0 bridgehead atoms. The summed E-state index contributed by atoms with van der Waals surface area (Å²) >= 11 is 0. The monoisotopic (exact) mass is 407 g/mol. The number of aromatic hydroxyl groups is 2. The predicted octanol–water partition coefficient (Wildman–Crippen LogP) is 4.70. The number of aliphatic imine (C=N–C) groups is 1.